The highest BCUT2D eigenvalue weighted by Gasteiger charge is 2.16. The minimum atomic E-state index is 0.329. The van der Waals surface area contributed by atoms with Crippen molar-refractivity contribution in [2.24, 2.45) is 11.5 Å². The van der Waals surface area contributed by atoms with Gasteiger partial charge in [0, 0.05) is 11.4 Å². The molecular weight excluding hydrogens is 384 g/mol. The molecule has 0 amide bonds. The van der Waals surface area contributed by atoms with Crippen molar-refractivity contribution >= 4 is 46.0 Å². The van der Waals surface area contributed by atoms with E-state index in [0.29, 0.717) is 23.3 Å². The Balaban J connectivity index is 1.90. The summed E-state index contributed by atoms with van der Waals surface area (Å²) < 4.78 is 0. The molecule has 0 unspecified atom stereocenters. The van der Waals surface area contributed by atoms with Crippen LogP contribution in [0.15, 0.2) is 84.9 Å². The molecule has 4 nitrogen and oxygen atoms in total. The fourth-order valence-corrected chi connectivity index (χ4v) is 3.36. The molecule has 0 atom stereocenters. The lowest BCUT2D eigenvalue weighted by Gasteiger charge is -2.27. The number of thiocarbonyl (C=S) groups is 2. The van der Waals surface area contributed by atoms with Crippen LogP contribution < -0.4 is 21.3 Å². The summed E-state index contributed by atoms with van der Waals surface area (Å²) in [5.74, 6) is 0. The van der Waals surface area contributed by atoms with Gasteiger partial charge in [0.25, 0.3) is 0 Å². The second-order valence-electron chi connectivity index (χ2n) is 6.29. The summed E-state index contributed by atoms with van der Waals surface area (Å²) >= 11 is 10.6. The van der Waals surface area contributed by atoms with E-state index in [1.807, 2.05) is 82.6 Å². The van der Waals surface area contributed by atoms with Crippen molar-refractivity contribution in [2.45, 2.75) is 13.1 Å². The summed E-state index contributed by atoms with van der Waals surface area (Å²) in [5.41, 5.74) is 16.2. The quantitative estimate of drug-likeness (QED) is 0.599. The average Bonchev–Trinajstić information content (AvgIpc) is 2.72. The Labute approximate surface area is 176 Å². The number of anilines is 2. The van der Waals surface area contributed by atoms with Crippen LogP contribution in [-0.4, -0.2) is 10.2 Å². The van der Waals surface area contributed by atoms with Gasteiger partial charge < -0.3 is 21.3 Å². The highest BCUT2D eigenvalue weighted by molar-refractivity contribution is 7.80. The van der Waals surface area contributed by atoms with Crippen molar-refractivity contribution in [1.29, 1.82) is 0 Å². The molecule has 0 aromatic heterocycles. The van der Waals surface area contributed by atoms with Gasteiger partial charge >= 0.3 is 0 Å². The van der Waals surface area contributed by atoms with Gasteiger partial charge in [-0.15, -0.1) is 0 Å². The number of hydrogen-bond donors (Lipinski definition) is 2. The first kappa shape index (κ1) is 19.8. The van der Waals surface area contributed by atoms with E-state index < -0.39 is 0 Å². The molecule has 3 rings (SSSR count). The number of nitrogens with two attached hydrogens (primary N) is 2. The Bertz CT molecular complexity index is 867. The normalized spacial score (nSPS) is 10.3. The molecule has 3 aromatic rings. The van der Waals surface area contributed by atoms with Crippen molar-refractivity contribution in [1.82, 2.24) is 0 Å². The Kier molecular flexibility index (Phi) is 6.57. The van der Waals surface area contributed by atoms with Gasteiger partial charge in [0.05, 0.1) is 13.1 Å². The van der Waals surface area contributed by atoms with Crippen LogP contribution in [0.4, 0.5) is 11.4 Å². The largest absolute Gasteiger partial charge is 0.376 e. The molecule has 142 valence electrons. The average molecular weight is 407 g/mol. The highest BCUT2D eigenvalue weighted by atomic mass is 32.1. The fraction of sp³-hybridized carbons (Fsp3) is 0.0909. The zero-order chi connectivity index (χ0) is 19.9. The predicted octanol–water partition coefficient (Wildman–Crippen LogP) is 4.19. The van der Waals surface area contributed by atoms with Gasteiger partial charge in [0.15, 0.2) is 10.2 Å². The fourth-order valence-electron chi connectivity index (χ4n) is 3.02. The summed E-state index contributed by atoms with van der Waals surface area (Å²) in [6.45, 7) is 1.13. The first-order valence-corrected chi connectivity index (χ1v) is 9.68. The van der Waals surface area contributed by atoms with Crippen LogP contribution in [0.1, 0.15) is 11.1 Å². The van der Waals surface area contributed by atoms with E-state index >= 15 is 0 Å². The van der Waals surface area contributed by atoms with E-state index in [0.717, 1.165) is 22.5 Å². The van der Waals surface area contributed by atoms with Gasteiger partial charge in [-0.1, -0.05) is 60.7 Å². The lowest BCUT2D eigenvalue weighted by Crippen LogP contribution is -2.37. The minimum absolute atomic E-state index is 0.329. The summed E-state index contributed by atoms with van der Waals surface area (Å²) in [6.07, 6.45) is 0. The van der Waals surface area contributed by atoms with Crippen LogP contribution in [0, 0.1) is 0 Å². The van der Waals surface area contributed by atoms with Crippen LogP contribution in [0.3, 0.4) is 0 Å². The van der Waals surface area contributed by atoms with E-state index in [2.05, 4.69) is 12.1 Å². The van der Waals surface area contributed by atoms with Crippen molar-refractivity contribution < 1.29 is 0 Å². The monoisotopic (exact) mass is 406 g/mol. The minimum Gasteiger partial charge on any atom is -0.376 e. The van der Waals surface area contributed by atoms with Crippen molar-refractivity contribution in [3.8, 4) is 0 Å². The highest BCUT2D eigenvalue weighted by Crippen LogP contribution is 2.22. The topological polar surface area (TPSA) is 58.5 Å². The van der Waals surface area contributed by atoms with Crippen molar-refractivity contribution in [3.63, 3.8) is 0 Å². The van der Waals surface area contributed by atoms with E-state index in [1.54, 1.807) is 0 Å². The van der Waals surface area contributed by atoms with Gasteiger partial charge in [-0.05, 0) is 59.8 Å². The maximum atomic E-state index is 6.01. The molecule has 4 N–H and O–H groups in total. The third kappa shape index (κ3) is 4.85. The van der Waals surface area contributed by atoms with Gasteiger partial charge in [-0.2, -0.15) is 0 Å². The summed E-state index contributed by atoms with van der Waals surface area (Å²) in [6, 6.07) is 28.0. The molecule has 0 radical (unpaired) electrons. The van der Waals surface area contributed by atoms with Crippen molar-refractivity contribution in [3.05, 3.63) is 96.1 Å². The molecule has 0 aliphatic carbocycles. The predicted molar refractivity (Wildman–Crippen MR) is 125 cm³/mol. The van der Waals surface area contributed by atoms with Crippen LogP contribution in [0.25, 0.3) is 0 Å². The van der Waals surface area contributed by atoms with E-state index in [9.17, 15) is 0 Å². The number of rotatable bonds is 6. The molecule has 3 aromatic carbocycles. The molecule has 0 fully saturated rings. The molecule has 0 saturated heterocycles. The molecule has 0 heterocycles. The standard InChI is InChI=1S/C22H22N4S2/c23-21(27)25(19-11-3-1-4-12-19)15-17-9-7-8-10-18(17)16-26(22(24)28)20-13-5-2-6-14-20/h1-14H,15-16H2,(H2,23,27)(H2,24,28). The smallest absolute Gasteiger partial charge is 0.171 e. The molecule has 0 spiro atoms. The Morgan fingerprint density at radius 2 is 0.893 bits per heavy atom. The molecule has 0 saturated carbocycles. The summed E-state index contributed by atoms with van der Waals surface area (Å²) in [7, 11) is 0. The van der Waals surface area contributed by atoms with E-state index in [-0.39, 0.29) is 0 Å². The second-order valence-corrected chi connectivity index (χ2v) is 7.13. The Hall–Kier alpha value is -2.96. The summed E-state index contributed by atoms with van der Waals surface area (Å²) in [5, 5.41) is 0.658. The van der Waals surface area contributed by atoms with Gasteiger partial charge in [0.1, 0.15) is 0 Å². The lowest BCUT2D eigenvalue weighted by atomic mass is 10.1. The molecule has 0 bridgehead atoms. The third-order valence-electron chi connectivity index (χ3n) is 4.44. The number of para-hydroxylation sites is 2. The zero-order valence-corrected chi connectivity index (χ0v) is 17.0. The van der Waals surface area contributed by atoms with Crippen LogP contribution in [0.5, 0.6) is 0 Å². The molecule has 28 heavy (non-hydrogen) atoms. The van der Waals surface area contributed by atoms with Crippen molar-refractivity contribution in [2.75, 3.05) is 9.80 Å². The molecule has 0 aliphatic rings. The molecule has 0 aliphatic heterocycles. The van der Waals surface area contributed by atoms with Gasteiger partial charge in [0.2, 0.25) is 0 Å². The zero-order valence-electron chi connectivity index (χ0n) is 15.4. The number of hydrogen-bond acceptors (Lipinski definition) is 2. The molecular formula is C22H22N4S2. The third-order valence-corrected chi connectivity index (χ3v) is 4.88. The van der Waals surface area contributed by atoms with Gasteiger partial charge in [-0.3, -0.25) is 0 Å². The van der Waals surface area contributed by atoms with Crippen LogP contribution >= 0.6 is 24.4 Å². The first-order chi connectivity index (χ1) is 13.6. The SMILES string of the molecule is NC(=S)N(Cc1ccccc1CN(C(N)=S)c1ccccc1)c1ccccc1. The Morgan fingerprint density at radius 3 is 1.21 bits per heavy atom. The first-order valence-electron chi connectivity index (χ1n) is 8.87. The Morgan fingerprint density at radius 1 is 0.571 bits per heavy atom. The number of nitrogens with zero attached hydrogens (tertiary/aromatic N) is 2. The van der Waals surface area contributed by atoms with Crippen LogP contribution in [-0.2, 0) is 13.1 Å². The summed E-state index contributed by atoms with van der Waals surface area (Å²) in [4.78, 5) is 3.84. The molecule has 6 heteroatoms. The van der Waals surface area contributed by atoms with Gasteiger partial charge in [-0.25, -0.2) is 0 Å². The lowest BCUT2D eigenvalue weighted by molar-refractivity contribution is 0.935. The number of benzene rings is 3. The van der Waals surface area contributed by atoms with E-state index in [4.69, 9.17) is 35.9 Å². The maximum Gasteiger partial charge on any atom is 0.171 e. The second kappa shape index (κ2) is 9.30. The van der Waals surface area contributed by atoms with Crippen LogP contribution in [0.2, 0.25) is 0 Å². The maximum absolute atomic E-state index is 6.01. The van der Waals surface area contributed by atoms with E-state index in [1.165, 1.54) is 0 Å².